The van der Waals surface area contributed by atoms with E-state index in [1.54, 1.807) is 10.9 Å². The molecule has 1 heterocycles. The molecule has 1 unspecified atom stereocenters. The van der Waals surface area contributed by atoms with Crippen molar-refractivity contribution in [2.75, 3.05) is 0 Å². The number of rotatable bonds is 6. The fourth-order valence-electron chi connectivity index (χ4n) is 2.66. The molecule has 0 aliphatic heterocycles. The first-order chi connectivity index (χ1) is 10.1. The molecule has 0 bridgehead atoms. The van der Waals surface area contributed by atoms with Gasteiger partial charge in [-0.05, 0) is 19.8 Å². The summed E-state index contributed by atoms with van der Waals surface area (Å²) < 4.78 is 1.76. The standard InChI is InChI=1S/C14H23N5O2/c1-10(14-18-15-9-19(14)2)16-12(20)7-8-13(21)17-11-5-3-4-6-11/h9-11H,3-8H2,1-2H3,(H,16,20)(H,17,21). The SMILES string of the molecule is CC(NC(=O)CCC(=O)NC1CCCC1)c1nncn1C. The van der Waals surface area contributed by atoms with E-state index in [4.69, 9.17) is 0 Å². The molecule has 0 radical (unpaired) electrons. The lowest BCUT2D eigenvalue weighted by Gasteiger charge is -2.14. The second kappa shape index (κ2) is 7.19. The molecule has 1 aliphatic rings. The number of aromatic nitrogens is 3. The van der Waals surface area contributed by atoms with Crippen LogP contribution in [0.15, 0.2) is 6.33 Å². The van der Waals surface area contributed by atoms with Crippen LogP contribution < -0.4 is 10.6 Å². The molecule has 1 atom stereocenters. The lowest BCUT2D eigenvalue weighted by atomic mass is 10.2. The van der Waals surface area contributed by atoms with Crippen molar-refractivity contribution >= 4 is 11.8 Å². The van der Waals surface area contributed by atoms with E-state index in [0.29, 0.717) is 11.9 Å². The molecular formula is C14H23N5O2. The largest absolute Gasteiger partial charge is 0.353 e. The Bertz CT molecular complexity index is 493. The van der Waals surface area contributed by atoms with E-state index in [1.165, 1.54) is 12.8 Å². The van der Waals surface area contributed by atoms with Crippen molar-refractivity contribution in [1.82, 2.24) is 25.4 Å². The molecule has 1 aliphatic carbocycles. The van der Waals surface area contributed by atoms with Crippen LogP contribution in [0.5, 0.6) is 0 Å². The second-order valence-electron chi connectivity index (χ2n) is 5.64. The van der Waals surface area contributed by atoms with Gasteiger partial charge >= 0.3 is 0 Å². The molecule has 0 saturated heterocycles. The summed E-state index contributed by atoms with van der Waals surface area (Å²) >= 11 is 0. The number of hydrogen-bond acceptors (Lipinski definition) is 4. The van der Waals surface area contributed by atoms with E-state index in [2.05, 4.69) is 20.8 Å². The van der Waals surface area contributed by atoms with Gasteiger partial charge in [0.15, 0.2) is 5.82 Å². The Hall–Kier alpha value is -1.92. The minimum absolute atomic E-state index is 0.0386. The number of carbonyl (C=O) groups excluding carboxylic acids is 2. The average Bonchev–Trinajstić information content (AvgIpc) is 3.07. The number of nitrogens with zero attached hydrogens (tertiary/aromatic N) is 3. The summed E-state index contributed by atoms with van der Waals surface area (Å²) in [7, 11) is 1.83. The molecule has 1 saturated carbocycles. The van der Waals surface area contributed by atoms with Crippen LogP contribution in [0.2, 0.25) is 0 Å². The van der Waals surface area contributed by atoms with Gasteiger partial charge in [-0.2, -0.15) is 0 Å². The lowest BCUT2D eigenvalue weighted by Crippen LogP contribution is -2.34. The van der Waals surface area contributed by atoms with E-state index < -0.39 is 0 Å². The molecule has 2 amide bonds. The third kappa shape index (κ3) is 4.54. The molecular weight excluding hydrogens is 270 g/mol. The van der Waals surface area contributed by atoms with Crippen LogP contribution >= 0.6 is 0 Å². The van der Waals surface area contributed by atoms with Crippen LogP contribution in [0, 0.1) is 0 Å². The average molecular weight is 293 g/mol. The van der Waals surface area contributed by atoms with Gasteiger partial charge in [-0.15, -0.1) is 10.2 Å². The first-order valence-corrected chi connectivity index (χ1v) is 7.49. The minimum atomic E-state index is -0.220. The third-order valence-electron chi connectivity index (χ3n) is 3.81. The summed E-state index contributed by atoms with van der Waals surface area (Å²) in [6.45, 7) is 1.85. The van der Waals surface area contributed by atoms with Gasteiger partial charge in [0, 0.05) is 25.9 Å². The van der Waals surface area contributed by atoms with Crippen molar-refractivity contribution in [2.45, 2.75) is 57.5 Å². The Morgan fingerprint density at radius 1 is 1.33 bits per heavy atom. The van der Waals surface area contributed by atoms with E-state index in [9.17, 15) is 9.59 Å². The summed E-state index contributed by atoms with van der Waals surface area (Å²) in [6, 6.07) is 0.0843. The summed E-state index contributed by atoms with van der Waals surface area (Å²) in [5, 5.41) is 13.5. The van der Waals surface area contributed by atoms with E-state index in [0.717, 1.165) is 12.8 Å². The van der Waals surface area contributed by atoms with Gasteiger partial charge in [0.25, 0.3) is 0 Å². The zero-order chi connectivity index (χ0) is 15.2. The van der Waals surface area contributed by atoms with Crippen LogP contribution in [-0.4, -0.2) is 32.6 Å². The number of hydrogen-bond donors (Lipinski definition) is 2. The van der Waals surface area contributed by atoms with Crippen LogP contribution in [0.1, 0.15) is 57.3 Å². The maximum Gasteiger partial charge on any atom is 0.221 e. The molecule has 7 heteroatoms. The van der Waals surface area contributed by atoms with Gasteiger partial charge in [-0.25, -0.2) is 0 Å². The maximum absolute atomic E-state index is 11.9. The molecule has 7 nitrogen and oxygen atoms in total. The number of carbonyl (C=O) groups is 2. The Kier molecular flexibility index (Phi) is 5.30. The van der Waals surface area contributed by atoms with Gasteiger partial charge < -0.3 is 15.2 Å². The van der Waals surface area contributed by atoms with Crippen molar-refractivity contribution in [2.24, 2.45) is 7.05 Å². The summed E-state index contributed by atoms with van der Waals surface area (Å²) in [4.78, 5) is 23.6. The van der Waals surface area contributed by atoms with Crippen molar-refractivity contribution in [3.8, 4) is 0 Å². The third-order valence-corrected chi connectivity index (χ3v) is 3.81. The Balaban J connectivity index is 1.69. The summed E-state index contributed by atoms with van der Waals surface area (Å²) in [5.74, 6) is 0.509. The summed E-state index contributed by atoms with van der Waals surface area (Å²) in [5.41, 5.74) is 0. The Labute approximate surface area is 124 Å². The van der Waals surface area contributed by atoms with Crippen LogP contribution in [-0.2, 0) is 16.6 Å². The Morgan fingerprint density at radius 3 is 2.62 bits per heavy atom. The van der Waals surface area contributed by atoms with Crippen LogP contribution in [0.25, 0.3) is 0 Å². The van der Waals surface area contributed by atoms with Gasteiger partial charge in [0.1, 0.15) is 6.33 Å². The highest BCUT2D eigenvalue weighted by atomic mass is 16.2. The van der Waals surface area contributed by atoms with Gasteiger partial charge in [0.05, 0.1) is 6.04 Å². The molecule has 1 aromatic rings. The lowest BCUT2D eigenvalue weighted by molar-refractivity contribution is -0.127. The number of aryl methyl sites for hydroxylation is 1. The molecule has 2 N–H and O–H groups in total. The molecule has 1 fully saturated rings. The predicted molar refractivity (Wildman–Crippen MR) is 77.2 cm³/mol. The maximum atomic E-state index is 11.9. The molecule has 21 heavy (non-hydrogen) atoms. The summed E-state index contributed by atoms with van der Waals surface area (Å²) in [6.07, 6.45) is 6.49. The van der Waals surface area contributed by atoms with Crippen molar-refractivity contribution in [1.29, 1.82) is 0 Å². The predicted octanol–water partition coefficient (Wildman–Crippen LogP) is 0.831. The van der Waals surface area contributed by atoms with Crippen molar-refractivity contribution in [3.63, 3.8) is 0 Å². The number of amides is 2. The van der Waals surface area contributed by atoms with Crippen LogP contribution in [0.4, 0.5) is 0 Å². The Morgan fingerprint density at radius 2 is 2.00 bits per heavy atom. The first kappa shape index (κ1) is 15.5. The fourth-order valence-corrected chi connectivity index (χ4v) is 2.66. The molecule has 2 rings (SSSR count). The van der Waals surface area contributed by atoms with Gasteiger partial charge in [-0.3, -0.25) is 9.59 Å². The zero-order valence-corrected chi connectivity index (χ0v) is 12.6. The molecule has 0 spiro atoms. The highest BCUT2D eigenvalue weighted by molar-refractivity contribution is 5.84. The molecule has 1 aromatic heterocycles. The van der Waals surface area contributed by atoms with Gasteiger partial charge in [-0.1, -0.05) is 12.8 Å². The highest BCUT2D eigenvalue weighted by Crippen LogP contribution is 2.17. The molecule has 116 valence electrons. The fraction of sp³-hybridized carbons (Fsp3) is 0.714. The van der Waals surface area contributed by atoms with E-state index in [1.807, 2.05) is 14.0 Å². The highest BCUT2D eigenvalue weighted by Gasteiger charge is 2.18. The van der Waals surface area contributed by atoms with E-state index >= 15 is 0 Å². The van der Waals surface area contributed by atoms with E-state index in [-0.39, 0.29) is 30.7 Å². The van der Waals surface area contributed by atoms with Crippen LogP contribution in [0.3, 0.4) is 0 Å². The topological polar surface area (TPSA) is 88.9 Å². The normalized spacial score (nSPS) is 16.7. The van der Waals surface area contributed by atoms with Crippen molar-refractivity contribution in [3.05, 3.63) is 12.2 Å². The smallest absolute Gasteiger partial charge is 0.221 e. The van der Waals surface area contributed by atoms with Crippen molar-refractivity contribution < 1.29 is 9.59 Å². The minimum Gasteiger partial charge on any atom is -0.353 e. The zero-order valence-electron chi connectivity index (χ0n) is 12.6. The quantitative estimate of drug-likeness (QED) is 0.813. The molecule has 0 aromatic carbocycles. The first-order valence-electron chi connectivity index (χ1n) is 7.49. The second-order valence-corrected chi connectivity index (χ2v) is 5.64. The number of nitrogens with one attached hydrogen (secondary N) is 2. The van der Waals surface area contributed by atoms with Gasteiger partial charge in [0.2, 0.25) is 11.8 Å². The monoisotopic (exact) mass is 293 g/mol.